The van der Waals surface area contributed by atoms with Crippen molar-refractivity contribution in [1.29, 1.82) is 0 Å². The van der Waals surface area contributed by atoms with Gasteiger partial charge >= 0.3 is 0 Å². The maximum Gasteiger partial charge on any atom is 0.0334 e. The van der Waals surface area contributed by atoms with Gasteiger partial charge in [0, 0.05) is 11.1 Å². The number of rotatable bonds is 3. The van der Waals surface area contributed by atoms with Gasteiger partial charge in [-0.15, -0.1) is 0 Å². The first-order valence-electron chi connectivity index (χ1n) is 14.4. The fourth-order valence-corrected chi connectivity index (χ4v) is 6.33. The molecule has 0 saturated heterocycles. The predicted octanol–water partition coefficient (Wildman–Crippen LogP) is 11.0. The molecule has 0 aliphatic rings. The van der Waals surface area contributed by atoms with E-state index in [1.54, 1.807) is 0 Å². The van der Waals surface area contributed by atoms with Crippen molar-refractivity contribution in [3.05, 3.63) is 169 Å². The highest BCUT2D eigenvalue weighted by molar-refractivity contribution is 6.30. The van der Waals surface area contributed by atoms with Gasteiger partial charge in [0.1, 0.15) is 0 Å². The Bertz CT molecular complexity index is 2190. The topological polar surface area (TPSA) is 0 Å². The lowest BCUT2D eigenvalue weighted by molar-refractivity contribution is 1.62. The van der Waals surface area contributed by atoms with Crippen LogP contribution < -0.4 is 0 Å². The van der Waals surface area contributed by atoms with Crippen molar-refractivity contribution >= 4 is 32.3 Å². The van der Waals surface area contributed by atoms with E-state index >= 15 is 0 Å². The van der Waals surface area contributed by atoms with Gasteiger partial charge < -0.3 is 0 Å². The third-order valence-corrected chi connectivity index (χ3v) is 8.27. The van der Waals surface area contributed by atoms with Gasteiger partial charge in [0.05, 0.1) is 0 Å². The molecule has 0 heterocycles. The van der Waals surface area contributed by atoms with Crippen LogP contribution >= 0.6 is 0 Å². The summed E-state index contributed by atoms with van der Waals surface area (Å²) in [5.74, 6) is 7.01. The third kappa shape index (κ3) is 4.03. The number of hydrogen-bond acceptors (Lipinski definition) is 0. The molecule has 194 valence electrons. The Hall–Kier alpha value is -5.64. The van der Waals surface area contributed by atoms with Crippen LogP contribution in [0.15, 0.2) is 158 Å². The van der Waals surface area contributed by atoms with Gasteiger partial charge in [-0.2, -0.15) is 0 Å². The van der Waals surface area contributed by atoms with E-state index in [-0.39, 0.29) is 0 Å². The van der Waals surface area contributed by atoms with Crippen LogP contribution in [0.5, 0.6) is 0 Å². The molecule has 8 aromatic carbocycles. The van der Waals surface area contributed by atoms with E-state index in [1.165, 1.54) is 65.7 Å². The molecule has 8 aromatic rings. The molecule has 42 heavy (non-hydrogen) atoms. The Morgan fingerprint density at radius 2 is 0.690 bits per heavy atom. The Labute approximate surface area is 245 Å². The average molecular weight is 531 g/mol. The quantitative estimate of drug-likeness (QED) is 0.157. The van der Waals surface area contributed by atoms with Gasteiger partial charge in [-0.1, -0.05) is 145 Å². The van der Waals surface area contributed by atoms with Crippen molar-refractivity contribution in [2.75, 3.05) is 0 Å². The summed E-state index contributed by atoms with van der Waals surface area (Å²) in [7, 11) is 0. The molecule has 0 spiro atoms. The van der Waals surface area contributed by atoms with Crippen molar-refractivity contribution < 1.29 is 0 Å². The van der Waals surface area contributed by atoms with E-state index in [9.17, 15) is 0 Å². The lowest BCUT2D eigenvalue weighted by Crippen LogP contribution is -1.94. The van der Waals surface area contributed by atoms with E-state index in [0.717, 1.165) is 11.1 Å². The molecule has 0 nitrogen and oxygen atoms in total. The van der Waals surface area contributed by atoms with E-state index in [1.807, 2.05) is 18.2 Å². The largest absolute Gasteiger partial charge is 0.0622 e. The highest BCUT2D eigenvalue weighted by Crippen LogP contribution is 2.46. The second-order valence-electron chi connectivity index (χ2n) is 10.7. The fourth-order valence-electron chi connectivity index (χ4n) is 6.33. The summed E-state index contributed by atoms with van der Waals surface area (Å²) in [6.45, 7) is 0. The summed E-state index contributed by atoms with van der Waals surface area (Å²) in [5.41, 5.74) is 9.41. The van der Waals surface area contributed by atoms with Crippen LogP contribution in [0.4, 0.5) is 0 Å². The van der Waals surface area contributed by atoms with Crippen molar-refractivity contribution in [1.82, 2.24) is 0 Å². The van der Waals surface area contributed by atoms with Crippen LogP contribution in [-0.2, 0) is 0 Å². The maximum atomic E-state index is 3.57. The van der Waals surface area contributed by atoms with Crippen molar-refractivity contribution in [3.63, 3.8) is 0 Å². The lowest BCUT2D eigenvalue weighted by Gasteiger charge is -2.20. The Morgan fingerprint density at radius 3 is 1.17 bits per heavy atom. The van der Waals surface area contributed by atoms with Gasteiger partial charge in [-0.25, -0.2) is 0 Å². The third-order valence-electron chi connectivity index (χ3n) is 8.27. The monoisotopic (exact) mass is 530 g/mol. The van der Waals surface area contributed by atoms with Gasteiger partial charge in [-0.05, 0) is 90.0 Å². The van der Waals surface area contributed by atoms with Crippen molar-refractivity contribution in [2.24, 2.45) is 0 Å². The van der Waals surface area contributed by atoms with Gasteiger partial charge in [0.25, 0.3) is 0 Å². The van der Waals surface area contributed by atoms with Crippen LogP contribution in [0, 0.1) is 11.8 Å². The minimum absolute atomic E-state index is 1.02. The van der Waals surface area contributed by atoms with E-state index in [0.29, 0.717) is 0 Å². The molecule has 0 aromatic heterocycles. The molecule has 0 amide bonds. The summed E-state index contributed by atoms with van der Waals surface area (Å²) < 4.78 is 0. The molecule has 0 aliphatic heterocycles. The molecule has 0 aliphatic carbocycles. The Balaban J connectivity index is 1.54. The molecule has 8 rings (SSSR count). The minimum atomic E-state index is 1.02. The zero-order valence-electron chi connectivity index (χ0n) is 23.0. The maximum absolute atomic E-state index is 3.57. The van der Waals surface area contributed by atoms with Crippen LogP contribution in [0.25, 0.3) is 65.7 Å². The van der Waals surface area contributed by atoms with Crippen LogP contribution in [0.3, 0.4) is 0 Å². The average Bonchev–Trinajstić information content (AvgIpc) is 3.07. The fraction of sp³-hybridized carbons (Fsp3) is 0. The van der Waals surface area contributed by atoms with Crippen molar-refractivity contribution in [3.8, 4) is 45.2 Å². The smallest absolute Gasteiger partial charge is 0.0334 e. The SMILES string of the molecule is C(#Cc1cc(-c2ccccc2)c2ccc3c(-c4ccccc4)cc(-c4ccccc4)c4ccc1c2c43)c1ccccc1. The predicted molar refractivity (Wildman–Crippen MR) is 179 cm³/mol. The summed E-state index contributed by atoms with van der Waals surface area (Å²) >= 11 is 0. The Kier molecular flexibility index (Phi) is 5.80. The van der Waals surface area contributed by atoms with E-state index in [2.05, 4.69) is 151 Å². The first kappa shape index (κ1) is 24.2. The van der Waals surface area contributed by atoms with Crippen LogP contribution in [0.1, 0.15) is 11.1 Å². The lowest BCUT2D eigenvalue weighted by atomic mass is 9.83. The summed E-state index contributed by atoms with van der Waals surface area (Å²) in [6, 6.07) is 56.4. The molecule has 0 heteroatoms. The molecule has 0 bridgehead atoms. The zero-order chi connectivity index (χ0) is 27.9. The van der Waals surface area contributed by atoms with Crippen LogP contribution in [0.2, 0.25) is 0 Å². The van der Waals surface area contributed by atoms with E-state index in [4.69, 9.17) is 0 Å². The first-order valence-corrected chi connectivity index (χ1v) is 14.4. The molecule has 0 fully saturated rings. The second kappa shape index (κ2) is 10.1. The number of benzene rings is 8. The molecular formula is C42H26. The summed E-state index contributed by atoms with van der Waals surface area (Å²) in [6.07, 6.45) is 0. The van der Waals surface area contributed by atoms with Crippen LogP contribution in [-0.4, -0.2) is 0 Å². The van der Waals surface area contributed by atoms with Crippen molar-refractivity contribution in [2.45, 2.75) is 0 Å². The zero-order valence-corrected chi connectivity index (χ0v) is 23.0. The normalized spacial score (nSPS) is 11.1. The highest BCUT2D eigenvalue weighted by atomic mass is 14.2. The molecule has 0 N–H and O–H groups in total. The Morgan fingerprint density at radius 1 is 0.310 bits per heavy atom. The highest BCUT2D eigenvalue weighted by Gasteiger charge is 2.19. The second-order valence-corrected chi connectivity index (χ2v) is 10.7. The van der Waals surface area contributed by atoms with Gasteiger partial charge in [0.15, 0.2) is 0 Å². The standard InChI is InChI=1S/C42H26/c1-5-13-29(14-6-1)21-22-33-27-38(30-15-7-2-8-16-30)35-25-26-37-40(32-19-11-4-12-20-32)28-39(31-17-9-3-10-18-31)36-24-23-34(33)41(35)42(36)37/h1-20,23-28H. The molecule has 0 atom stereocenters. The number of hydrogen-bond donors (Lipinski definition) is 0. The molecule has 0 saturated carbocycles. The molecule has 0 unspecified atom stereocenters. The van der Waals surface area contributed by atoms with E-state index < -0.39 is 0 Å². The van der Waals surface area contributed by atoms with Gasteiger partial charge in [-0.3, -0.25) is 0 Å². The molecule has 0 radical (unpaired) electrons. The first-order chi connectivity index (χ1) is 20.8. The minimum Gasteiger partial charge on any atom is -0.0622 e. The summed E-state index contributed by atoms with van der Waals surface area (Å²) in [5, 5.41) is 7.55. The summed E-state index contributed by atoms with van der Waals surface area (Å²) in [4.78, 5) is 0. The molecular weight excluding hydrogens is 504 g/mol. The van der Waals surface area contributed by atoms with Gasteiger partial charge in [0.2, 0.25) is 0 Å².